The van der Waals surface area contributed by atoms with E-state index < -0.39 is 56.4 Å². The number of aliphatic hydroxyl groups excluding tert-OH is 3. The van der Waals surface area contributed by atoms with Crippen LogP contribution in [0.5, 0.6) is 0 Å². The number of nitrogens with zero attached hydrogens (tertiary/aromatic N) is 4. The molecule has 0 aromatic heterocycles. The van der Waals surface area contributed by atoms with E-state index in [0.29, 0.717) is 0 Å². The van der Waals surface area contributed by atoms with Crippen LogP contribution in [0, 0.1) is 0 Å². The van der Waals surface area contributed by atoms with Crippen molar-refractivity contribution in [1.29, 1.82) is 0 Å². The molecule has 13 nitrogen and oxygen atoms in total. The molecule has 1 heterocycles. The standard InChI is InChI=1S/C18H34N4O9.Na/c23-12-14(15(25)13-24)22-7-5-20(10-17(28)29)3-1-19(9-16(26)27)2-4-21(6-8-22)11-18(30)31;/h14-15,23-25H,1-13H2,(H,26,27)(H,28,29)(H,30,31);/q;+1/p-3/t14-,15-;/m1./s1. The van der Waals surface area contributed by atoms with Gasteiger partial charge in [0, 0.05) is 72.0 Å². The third kappa shape index (κ3) is 12.4. The predicted octanol–water partition coefficient (Wildman–Crippen LogP) is -10.8. The van der Waals surface area contributed by atoms with Gasteiger partial charge >= 0.3 is 29.6 Å². The molecule has 0 aromatic rings. The number of aliphatic hydroxyl groups is 3. The molecular formula is C18H31N4NaO9-2. The fraction of sp³-hybridized carbons (Fsp3) is 0.833. The Labute approximate surface area is 209 Å². The molecule has 180 valence electrons. The van der Waals surface area contributed by atoms with Crippen molar-refractivity contribution in [3.8, 4) is 0 Å². The molecule has 32 heavy (non-hydrogen) atoms. The van der Waals surface area contributed by atoms with Crippen molar-refractivity contribution in [3.63, 3.8) is 0 Å². The van der Waals surface area contributed by atoms with Crippen molar-refractivity contribution in [3.05, 3.63) is 0 Å². The van der Waals surface area contributed by atoms with Gasteiger partial charge in [-0.2, -0.15) is 0 Å². The van der Waals surface area contributed by atoms with Gasteiger partial charge in [-0.05, 0) is 0 Å². The minimum atomic E-state index is -1.31. The quantitative estimate of drug-likeness (QED) is 0.255. The molecule has 0 bridgehead atoms. The van der Waals surface area contributed by atoms with Gasteiger partial charge in [0.25, 0.3) is 0 Å². The molecule has 0 spiro atoms. The molecule has 0 aromatic carbocycles. The van der Waals surface area contributed by atoms with Crippen molar-refractivity contribution in [2.75, 3.05) is 85.2 Å². The van der Waals surface area contributed by atoms with Gasteiger partial charge in [-0.15, -0.1) is 0 Å². The molecule has 0 aliphatic carbocycles. The number of carboxylic acid groups (broad SMARTS) is 3. The summed E-state index contributed by atoms with van der Waals surface area (Å²) in [4.78, 5) is 39.5. The molecule has 0 radical (unpaired) electrons. The smallest absolute Gasteiger partial charge is 0.549 e. The molecule has 1 fully saturated rings. The molecule has 0 saturated carbocycles. The summed E-state index contributed by atoms with van der Waals surface area (Å²) >= 11 is 0. The summed E-state index contributed by atoms with van der Waals surface area (Å²) in [5.74, 6) is -3.92. The van der Waals surface area contributed by atoms with Crippen molar-refractivity contribution in [1.82, 2.24) is 19.6 Å². The van der Waals surface area contributed by atoms with E-state index in [1.54, 1.807) is 14.7 Å². The Kier molecular flexibility index (Phi) is 16.2. The predicted molar refractivity (Wildman–Crippen MR) is 99.9 cm³/mol. The van der Waals surface area contributed by atoms with Gasteiger partial charge in [-0.1, -0.05) is 0 Å². The maximum Gasteiger partial charge on any atom is 1.00 e. The zero-order valence-electron chi connectivity index (χ0n) is 18.4. The van der Waals surface area contributed by atoms with Crippen LogP contribution in [0.3, 0.4) is 0 Å². The van der Waals surface area contributed by atoms with Crippen molar-refractivity contribution in [2.45, 2.75) is 12.1 Å². The second-order valence-electron chi connectivity index (χ2n) is 7.48. The minimum absolute atomic E-state index is 0. The Balaban J connectivity index is 0.00000961. The van der Waals surface area contributed by atoms with Crippen LogP contribution >= 0.6 is 0 Å². The summed E-state index contributed by atoms with van der Waals surface area (Å²) in [5.41, 5.74) is 0. The van der Waals surface area contributed by atoms with Gasteiger partial charge < -0.3 is 45.0 Å². The first kappa shape index (κ1) is 31.1. The Morgan fingerprint density at radius 2 is 0.969 bits per heavy atom. The summed E-state index contributed by atoms with van der Waals surface area (Å²) in [6.45, 7) is -0.648. The van der Waals surface area contributed by atoms with Crippen molar-refractivity contribution < 1.29 is 74.6 Å². The average molecular weight is 470 g/mol. The molecule has 2 atom stereocenters. The first-order valence-electron chi connectivity index (χ1n) is 10.1. The van der Waals surface area contributed by atoms with Crippen LogP contribution in [0.15, 0.2) is 0 Å². The molecular weight excluding hydrogens is 439 g/mol. The van der Waals surface area contributed by atoms with E-state index in [4.69, 9.17) is 0 Å². The summed E-state index contributed by atoms with van der Waals surface area (Å²) in [5, 5.41) is 62.3. The van der Waals surface area contributed by atoms with E-state index in [9.17, 15) is 45.0 Å². The van der Waals surface area contributed by atoms with Crippen LogP contribution in [0.1, 0.15) is 0 Å². The van der Waals surface area contributed by atoms with E-state index in [1.165, 1.54) is 4.90 Å². The SMILES string of the molecule is O=C([O-])CN1CCN(CC(=O)[O-])CCN([C@H](CO)[C@H](O)CO)CCN(CC(=O)[O-])CC1.[Na+]. The van der Waals surface area contributed by atoms with E-state index in [1.807, 2.05) is 0 Å². The second-order valence-corrected chi connectivity index (χ2v) is 7.48. The molecule has 0 unspecified atom stereocenters. The zero-order chi connectivity index (χ0) is 23.4. The summed E-state index contributed by atoms with van der Waals surface area (Å²) < 4.78 is 0. The number of carbonyl (C=O) groups is 3. The number of carbonyl (C=O) groups excluding carboxylic acids is 3. The molecule has 1 aliphatic rings. The van der Waals surface area contributed by atoms with Gasteiger partial charge in [-0.3, -0.25) is 19.6 Å². The van der Waals surface area contributed by atoms with Crippen molar-refractivity contribution in [2.24, 2.45) is 0 Å². The number of hydrogen-bond acceptors (Lipinski definition) is 13. The van der Waals surface area contributed by atoms with Crippen LogP contribution < -0.4 is 44.9 Å². The molecule has 1 rings (SSSR count). The third-order valence-electron chi connectivity index (χ3n) is 5.22. The Bertz CT molecular complexity index is 555. The van der Waals surface area contributed by atoms with E-state index in [2.05, 4.69) is 0 Å². The first-order chi connectivity index (χ1) is 14.7. The molecule has 1 saturated heterocycles. The Morgan fingerprint density at radius 3 is 1.22 bits per heavy atom. The van der Waals surface area contributed by atoms with E-state index in [-0.39, 0.29) is 88.5 Å². The van der Waals surface area contributed by atoms with E-state index >= 15 is 0 Å². The topological polar surface area (TPSA) is 194 Å². The summed E-state index contributed by atoms with van der Waals surface area (Å²) in [6.07, 6.45) is -1.25. The largest absolute Gasteiger partial charge is 1.00 e. The Morgan fingerprint density at radius 1 is 0.656 bits per heavy atom. The maximum atomic E-state index is 11.1. The van der Waals surface area contributed by atoms with Gasteiger partial charge in [0.1, 0.15) is 0 Å². The van der Waals surface area contributed by atoms with Crippen molar-refractivity contribution >= 4 is 17.9 Å². The van der Waals surface area contributed by atoms with Gasteiger partial charge in [0.2, 0.25) is 0 Å². The fourth-order valence-corrected chi connectivity index (χ4v) is 3.51. The van der Waals surface area contributed by atoms with Gasteiger partial charge in [0.15, 0.2) is 0 Å². The normalized spacial score (nSPS) is 20.3. The summed E-state index contributed by atoms with van der Waals surface area (Å²) in [6, 6.07) is -0.836. The molecule has 0 amide bonds. The Hall–Kier alpha value is -0.870. The monoisotopic (exact) mass is 470 g/mol. The number of carboxylic acids is 3. The summed E-state index contributed by atoms with van der Waals surface area (Å²) in [7, 11) is 0. The fourth-order valence-electron chi connectivity index (χ4n) is 3.51. The number of hydrogen-bond donors (Lipinski definition) is 3. The average Bonchev–Trinajstić information content (AvgIpc) is 2.68. The van der Waals surface area contributed by atoms with Crippen LogP contribution in [-0.2, 0) is 14.4 Å². The first-order valence-corrected chi connectivity index (χ1v) is 10.1. The van der Waals surface area contributed by atoms with E-state index in [0.717, 1.165) is 0 Å². The van der Waals surface area contributed by atoms with Gasteiger partial charge in [0.05, 0.1) is 43.3 Å². The number of aliphatic carboxylic acids is 3. The second kappa shape index (κ2) is 16.7. The van der Waals surface area contributed by atoms with Crippen LogP contribution in [0.2, 0.25) is 0 Å². The van der Waals surface area contributed by atoms with Crippen LogP contribution in [0.4, 0.5) is 0 Å². The molecule has 3 N–H and O–H groups in total. The molecule has 1 aliphatic heterocycles. The maximum absolute atomic E-state index is 11.1. The minimum Gasteiger partial charge on any atom is -0.549 e. The third-order valence-corrected chi connectivity index (χ3v) is 5.22. The van der Waals surface area contributed by atoms with Crippen LogP contribution in [-0.4, -0.2) is 150 Å². The number of rotatable bonds is 10. The molecule has 14 heteroatoms. The van der Waals surface area contributed by atoms with Crippen LogP contribution in [0.25, 0.3) is 0 Å². The van der Waals surface area contributed by atoms with Gasteiger partial charge in [-0.25, -0.2) is 0 Å². The zero-order valence-corrected chi connectivity index (χ0v) is 20.4.